The lowest BCUT2D eigenvalue weighted by atomic mass is 10.1. The van der Waals surface area contributed by atoms with Crippen molar-refractivity contribution >= 4 is 5.91 Å². The molecule has 2 N–H and O–H groups in total. The molecular weight excluding hydrogens is 202 g/mol. The summed E-state index contributed by atoms with van der Waals surface area (Å²) in [4.78, 5) is 14.1. The van der Waals surface area contributed by atoms with Crippen LogP contribution in [0.2, 0.25) is 0 Å². The van der Waals surface area contributed by atoms with Crippen molar-refractivity contribution in [3.63, 3.8) is 0 Å². The second-order valence-corrected chi connectivity index (χ2v) is 5.11. The van der Waals surface area contributed by atoms with Crippen molar-refractivity contribution in [1.29, 1.82) is 0 Å². The summed E-state index contributed by atoms with van der Waals surface area (Å²) in [5, 5.41) is 6.47. The molecule has 1 amide bonds. The molecule has 1 saturated heterocycles. The molecule has 1 heterocycles. The Kier molecular flexibility index (Phi) is 4.18. The molecule has 2 atom stereocenters. The molecule has 0 aromatic carbocycles. The lowest BCUT2D eigenvalue weighted by Crippen LogP contribution is -2.49. The summed E-state index contributed by atoms with van der Waals surface area (Å²) in [6.45, 7) is 6.81. The van der Waals surface area contributed by atoms with Gasteiger partial charge in [-0.15, -0.1) is 0 Å². The SMILES string of the molecule is CC1CCCC1NC(=O)CN1CCNCC1. The number of carbonyl (C=O) groups excluding carboxylic acids is 1. The van der Waals surface area contributed by atoms with Crippen LogP contribution in [0.5, 0.6) is 0 Å². The molecular formula is C12H23N3O. The summed E-state index contributed by atoms with van der Waals surface area (Å²) in [5.74, 6) is 0.868. The lowest BCUT2D eigenvalue weighted by Gasteiger charge is -2.27. The van der Waals surface area contributed by atoms with E-state index in [0.717, 1.165) is 32.6 Å². The first kappa shape index (κ1) is 11.9. The van der Waals surface area contributed by atoms with Crippen molar-refractivity contribution in [2.75, 3.05) is 32.7 Å². The largest absolute Gasteiger partial charge is 0.352 e. The zero-order valence-corrected chi connectivity index (χ0v) is 10.2. The minimum absolute atomic E-state index is 0.209. The van der Waals surface area contributed by atoms with E-state index in [2.05, 4.69) is 22.5 Å². The van der Waals surface area contributed by atoms with Crippen LogP contribution in [-0.2, 0) is 4.79 Å². The van der Waals surface area contributed by atoms with Gasteiger partial charge in [0.05, 0.1) is 6.54 Å². The van der Waals surface area contributed by atoms with Gasteiger partial charge in [0.1, 0.15) is 0 Å². The zero-order valence-electron chi connectivity index (χ0n) is 10.2. The highest BCUT2D eigenvalue weighted by molar-refractivity contribution is 5.78. The molecule has 4 heteroatoms. The molecule has 2 fully saturated rings. The Balaban J connectivity index is 1.70. The van der Waals surface area contributed by atoms with E-state index in [1.165, 1.54) is 12.8 Å². The Bertz CT molecular complexity index is 238. The molecule has 2 rings (SSSR count). The van der Waals surface area contributed by atoms with Crippen LogP contribution in [0.25, 0.3) is 0 Å². The van der Waals surface area contributed by atoms with E-state index in [1.54, 1.807) is 0 Å². The van der Waals surface area contributed by atoms with Crippen LogP contribution in [0.15, 0.2) is 0 Å². The fourth-order valence-corrected chi connectivity index (χ4v) is 2.68. The van der Waals surface area contributed by atoms with E-state index in [-0.39, 0.29) is 5.91 Å². The molecule has 16 heavy (non-hydrogen) atoms. The van der Waals surface area contributed by atoms with Gasteiger partial charge in [0.15, 0.2) is 0 Å². The van der Waals surface area contributed by atoms with Gasteiger partial charge < -0.3 is 10.6 Å². The van der Waals surface area contributed by atoms with E-state index in [1.807, 2.05) is 0 Å². The average Bonchev–Trinajstić information content (AvgIpc) is 2.66. The molecule has 1 saturated carbocycles. The van der Waals surface area contributed by atoms with Gasteiger partial charge in [0.25, 0.3) is 0 Å². The van der Waals surface area contributed by atoms with Crippen molar-refractivity contribution in [2.24, 2.45) is 5.92 Å². The van der Waals surface area contributed by atoms with Crippen molar-refractivity contribution < 1.29 is 4.79 Å². The maximum atomic E-state index is 11.8. The first-order valence-electron chi connectivity index (χ1n) is 6.48. The molecule has 1 aliphatic carbocycles. The predicted octanol–water partition coefficient (Wildman–Crippen LogP) is 0.196. The molecule has 0 bridgehead atoms. The van der Waals surface area contributed by atoms with E-state index in [4.69, 9.17) is 0 Å². The third kappa shape index (κ3) is 3.19. The van der Waals surface area contributed by atoms with E-state index >= 15 is 0 Å². The summed E-state index contributed by atoms with van der Waals surface area (Å²) in [7, 11) is 0. The van der Waals surface area contributed by atoms with Crippen molar-refractivity contribution in [3.05, 3.63) is 0 Å². The minimum Gasteiger partial charge on any atom is -0.352 e. The van der Waals surface area contributed by atoms with Crippen molar-refractivity contribution in [1.82, 2.24) is 15.5 Å². The van der Waals surface area contributed by atoms with Gasteiger partial charge in [-0.3, -0.25) is 9.69 Å². The van der Waals surface area contributed by atoms with Gasteiger partial charge >= 0.3 is 0 Å². The number of hydrogen-bond acceptors (Lipinski definition) is 3. The van der Waals surface area contributed by atoms with Gasteiger partial charge in [-0.05, 0) is 18.8 Å². The predicted molar refractivity (Wildman–Crippen MR) is 64.3 cm³/mol. The fourth-order valence-electron chi connectivity index (χ4n) is 2.68. The highest BCUT2D eigenvalue weighted by Crippen LogP contribution is 2.24. The summed E-state index contributed by atoms with van der Waals surface area (Å²) < 4.78 is 0. The molecule has 0 radical (unpaired) electrons. The standard InChI is InChI=1S/C12H23N3O/c1-10-3-2-4-11(10)14-12(16)9-15-7-5-13-6-8-15/h10-11,13H,2-9H2,1H3,(H,14,16). The number of piperazine rings is 1. The Labute approximate surface area is 97.8 Å². The normalized spacial score (nSPS) is 31.6. The number of rotatable bonds is 3. The van der Waals surface area contributed by atoms with E-state index < -0.39 is 0 Å². The summed E-state index contributed by atoms with van der Waals surface area (Å²) in [6.07, 6.45) is 3.69. The number of carbonyl (C=O) groups is 1. The quantitative estimate of drug-likeness (QED) is 0.721. The molecule has 0 aromatic rings. The van der Waals surface area contributed by atoms with Crippen LogP contribution in [0.3, 0.4) is 0 Å². The second kappa shape index (κ2) is 5.64. The first-order chi connectivity index (χ1) is 7.75. The van der Waals surface area contributed by atoms with Gasteiger partial charge in [0, 0.05) is 32.2 Å². The Morgan fingerprint density at radius 2 is 2.12 bits per heavy atom. The summed E-state index contributed by atoms with van der Waals surface area (Å²) in [6, 6.07) is 0.426. The number of hydrogen-bond donors (Lipinski definition) is 2. The van der Waals surface area contributed by atoms with Gasteiger partial charge in [-0.1, -0.05) is 13.3 Å². The monoisotopic (exact) mass is 225 g/mol. The number of amides is 1. The highest BCUT2D eigenvalue weighted by Gasteiger charge is 2.25. The summed E-state index contributed by atoms with van der Waals surface area (Å²) >= 11 is 0. The van der Waals surface area contributed by atoms with Crippen LogP contribution in [0.4, 0.5) is 0 Å². The van der Waals surface area contributed by atoms with Gasteiger partial charge in [-0.2, -0.15) is 0 Å². The molecule has 0 aromatic heterocycles. The molecule has 1 aliphatic heterocycles. The fraction of sp³-hybridized carbons (Fsp3) is 0.917. The van der Waals surface area contributed by atoms with Gasteiger partial charge in [-0.25, -0.2) is 0 Å². The van der Waals surface area contributed by atoms with Crippen LogP contribution in [0, 0.1) is 5.92 Å². The lowest BCUT2D eigenvalue weighted by molar-refractivity contribution is -0.123. The zero-order chi connectivity index (χ0) is 11.4. The average molecular weight is 225 g/mol. The van der Waals surface area contributed by atoms with Crippen LogP contribution in [-0.4, -0.2) is 49.6 Å². The third-order valence-electron chi connectivity index (χ3n) is 3.78. The van der Waals surface area contributed by atoms with Crippen LogP contribution < -0.4 is 10.6 Å². The molecule has 2 unspecified atom stereocenters. The molecule has 92 valence electrons. The Morgan fingerprint density at radius 1 is 1.38 bits per heavy atom. The number of nitrogens with zero attached hydrogens (tertiary/aromatic N) is 1. The summed E-state index contributed by atoms with van der Waals surface area (Å²) in [5.41, 5.74) is 0. The maximum absolute atomic E-state index is 11.8. The molecule has 4 nitrogen and oxygen atoms in total. The first-order valence-corrected chi connectivity index (χ1v) is 6.48. The van der Waals surface area contributed by atoms with Crippen molar-refractivity contribution in [2.45, 2.75) is 32.2 Å². The molecule has 2 aliphatic rings. The van der Waals surface area contributed by atoms with Crippen molar-refractivity contribution in [3.8, 4) is 0 Å². The second-order valence-electron chi connectivity index (χ2n) is 5.11. The minimum atomic E-state index is 0.209. The Hall–Kier alpha value is -0.610. The topological polar surface area (TPSA) is 44.4 Å². The maximum Gasteiger partial charge on any atom is 0.234 e. The van der Waals surface area contributed by atoms with Gasteiger partial charge in [0.2, 0.25) is 5.91 Å². The molecule has 0 spiro atoms. The third-order valence-corrected chi connectivity index (χ3v) is 3.78. The van der Waals surface area contributed by atoms with E-state index in [9.17, 15) is 4.79 Å². The van der Waals surface area contributed by atoms with E-state index in [0.29, 0.717) is 18.5 Å². The Morgan fingerprint density at radius 3 is 2.75 bits per heavy atom. The number of nitrogens with one attached hydrogen (secondary N) is 2. The van der Waals surface area contributed by atoms with Crippen LogP contribution >= 0.6 is 0 Å². The van der Waals surface area contributed by atoms with Crippen LogP contribution in [0.1, 0.15) is 26.2 Å². The highest BCUT2D eigenvalue weighted by atomic mass is 16.2. The smallest absolute Gasteiger partial charge is 0.234 e.